The number of ether oxygens (including phenoxy) is 5. The van der Waals surface area contributed by atoms with Crippen LogP contribution in [0.25, 0.3) is 33.3 Å². The number of aliphatic hydroxyl groups excluding tert-OH is 3. The summed E-state index contributed by atoms with van der Waals surface area (Å²) < 4.78 is 34.8. The number of fused-ring (bicyclic) bond motifs is 11. The number of methoxy groups -OCH3 is 1. The number of nitrogens with zero attached hydrogens (tertiary/aromatic N) is 1. The van der Waals surface area contributed by atoms with Crippen molar-refractivity contribution in [2.24, 2.45) is 45.3 Å². The number of aromatic hydroxyl groups is 1. The van der Waals surface area contributed by atoms with Crippen molar-refractivity contribution in [3.63, 3.8) is 0 Å². The van der Waals surface area contributed by atoms with Gasteiger partial charge in [0, 0.05) is 64.2 Å². The number of benzene rings is 4. The van der Waals surface area contributed by atoms with Gasteiger partial charge in [-0.05, 0) is 268 Å². The standard InChI is InChI=1S/C84H96N2O13/c1-95-73-55-17-16-49-31-48-11-5-14-53(48)66-64(49)67(55)69-72(91)68(66)61(89)39-86-38-59-47(10-4-15-54(59)76(86)92)12-8-30-96-75-71(90)63-40-97-62(19-18-56(73)74(69)99-77(98-63)84(75,94)45-88)58-37-85-60-32-50-21-26-82-44-83(93)24-6-13-51(83)33-52(82)35-81(36-57(65(58)60)70(50)82)43-79(25-20-46(34-79)9-7-29-87)42-80(81)28-27-78(41-80)22-2-3-23-78/h4,10,15,18-19,31-32,37,46,48,51-53,62-63,71,75,77,85,87-88,90-91,93-94H,2-3,5-7,9,11-14,16-17,20-29,33-36,38-45H2,1H3/b19-18+/t46-,48+,51+,52-,53-,62-,63-,71-,75+,77-,79-,80+,81+,82+,83+,84-/m1/s1. The molecule has 4 aromatic carbocycles. The van der Waals surface area contributed by atoms with Crippen LogP contribution < -0.4 is 9.47 Å². The Morgan fingerprint density at radius 2 is 1.69 bits per heavy atom. The van der Waals surface area contributed by atoms with Gasteiger partial charge in [0.05, 0.1) is 49.0 Å². The van der Waals surface area contributed by atoms with Crippen LogP contribution in [-0.2, 0) is 51.9 Å². The smallest absolute Gasteiger partial charge is 0.254 e. The van der Waals surface area contributed by atoms with Crippen LogP contribution in [0.1, 0.15) is 249 Å². The summed E-state index contributed by atoms with van der Waals surface area (Å²) in [5.74, 6) is 4.09. The van der Waals surface area contributed by atoms with Gasteiger partial charge in [0.2, 0.25) is 6.29 Å². The van der Waals surface area contributed by atoms with Crippen LogP contribution in [0.3, 0.4) is 0 Å². The van der Waals surface area contributed by atoms with E-state index in [0.717, 1.165) is 133 Å². The number of allylic oxidation sites excluding steroid dienone is 2. The van der Waals surface area contributed by atoms with Gasteiger partial charge in [-0.2, -0.15) is 0 Å². The number of ketones is 1. The first-order valence-electron chi connectivity index (χ1n) is 38.4. The first-order chi connectivity index (χ1) is 48.0. The zero-order valence-corrected chi connectivity index (χ0v) is 57.4. The molecule has 20 rings (SSSR count). The van der Waals surface area contributed by atoms with E-state index in [2.05, 4.69) is 35.4 Å². The molecule has 8 bridgehead atoms. The first kappa shape index (κ1) is 62.5. The number of nitrogens with one attached hydrogen (secondary N) is 1. The Labute approximate surface area is 579 Å². The third-order valence-electron chi connectivity index (χ3n) is 30.4. The monoisotopic (exact) mass is 1340 g/mol. The van der Waals surface area contributed by atoms with Gasteiger partial charge in [0.1, 0.15) is 41.7 Å². The number of hydrogen-bond acceptors (Lipinski definition) is 13. The SMILES string of the molecule is COc1c2c3c4c(O)c(c5c6c4c1CCC6=C[C@@H]1CCC[C@@H]51)C(=O)CN1Cc4c(cccc4C1=O)CC#CO[C@H]1[C@H](O)[C@@H](CO[C@@H](c4c[nH]c5cc6c7c(c45)C[C@@]4(C[C@H]5C[C@@H]8CCC[C@]8(O)C[C@]75CC6)C[C@@]5(CC[C@@H](CCCO)C5)C[C@@]45CCC4(CCCC4)C5)/C=C/2)O[C@H](O3)[C@@]1(O)CO. The summed E-state index contributed by atoms with van der Waals surface area (Å²) in [4.78, 5) is 35.9. The topological polar surface area (TPSA) is 221 Å². The summed E-state index contributed by atoms with van der Waals surface area (Å²) in [7, 11) is 1.64. The number of carbonyl (C=O) groups is 2. The molecule has 1 saturated heterocycles. The zero-order valence-electron chi connectivity index (χ0n) is 57.4. The number of rotatable bonds is 6. The number of phenols is 1. The van der Waals surface area contributed by atoms with E-state index in [1.807, 2.05) is 18.2 Å². The van der Waals surface area contributed by atoms with Crippen molar-refractivity contribution < 1.29 is 63.9 Å². The van der Waals surface area contributed by atoms with E-state index in [0.29, 0.717) is 58.3 Å². The Bertz CT molecular complexity index is 4430. The fraction of sp³-hybridized carbons (Fsp3) is 0.619. The second-order valence-corrected chi connectivity index (χ2v) is 35.0. The van der Waals surface area contributed by atoms with Crippen LogP contribution in [0.4, 0.5) is 0 Å². The lowest BCUT2D eigenvalue weighted by atomic mass is 9.52. The molecule has 99 heavy (non-hydrogen) atoms. The maximum atomic E-state index is 15.9. The summed E-state index contributed by atoms with van der Waals surface area (Å²) in [6.45, 7) is -1.11. The average Bonchev–Trinajstić information content (AvgIpc) is 1.44. The number of hydrogen-bond donors (Lipinski definition) is 7. The minimum absolute atomic E-state index is 0.00906. The number of aliphatic hydroxyl groups is 5. The molecule has 520 valence electrons. The van der Waals surface area contributed by atoms with Crippen LogP contribution in [0.5, 0.6) is 17.2 Å². The summed E-state index contributed by atoms with van der Waals surface area (Å²) in [6.07, 6.45) is 34.7. The molecule has 1 amide bonds. The molecule has 7 N–H and O–H groups in total. The van der Waals surface area contributed by atoms with Crippen molar-refractivity contribution in [2.75, 3.05) is 33.5 Å². The first-order valence-corrected chi connectivity index (χ1v) is 38.4. The number of carbonyl (C=O) groups excluding carboxylic acids is 2. The minimum atomic E-state index is -2.50. The number of aromatic nitrogens is 1. The highest BCUT2D eigenvalue weighted by Gasteiger charge is 2.71. The summed E-state index contributed by atoms with van der Waals surface area (Å²) in [5, 5.41) is 77.1. The van der Waals surface area contributed by atoms with E-state index in [4.69, 9.17) is 23.7 Å². The number of amides is 1. The maximum Gasteiger partial charge on any atom is 0.254 e. The van der Waals surface area contributed by atoms with E-state index >= 15 is 4.79 Å². The second kappa shape index (κ2) is 22.2. The zero-order chi connectivity index (χ0) is 66.9. The van der Waals surface area contributed by atoms with Crippen LogP contribution >= 0.6 is 0 Å². The fourth-order valence-electron chi connectivity index (χ4n) is 26.6. The Morgan fingerprint density at radius 3 is 2.55 bits per heavy atom. The quantitative estimate of drug-likeness (QED) is 0.0788. The van der Waals surface area contributed by atoms with E-state index in [1.165, 1.54) is 100 Å². The lowest BCUT2D eigenvalue weighted by molar-refractivity contribution is -0.328. The predicted octanol–water partition coefficient (Wildman–Crippen LogP) is 13.1. The summed E-state index contributed by atoms with van der Waals surface area (Å²) >= 11 is 0. The summed E-state index contributed by atoms with van der Waals surface area (Å²) in [6, 6.07) is 7.91. The van der Waals surface area contributed by atoms with Crippen LogP contribution in [0.15, 0.2) is 42.6 Å². The van der Waals surface area contributed by atoms with E-state index in [-0.39, 0.29) is 94.6 Å². The number of aryl methyl sites for hydroxylation is 2. The Hall–Kier alpha value is -6.22. The van der Waals surface area contributed by atoms with E-state index in [9.17, 15) is 35.4 Å². The molecule has 15 heteroatoms. The Kier molecular flexibility index (Phi) is 14.0. The highest BCUT2D eigenvalue weighted by molar-refractivity contribution is 6.17. The molecule has 11 aliphatic carbocycles. The summed E-state index contributed by atoms with van der Waals surface area (Å²) in [5.41, 5.74) is 9.82. The lowest BCUT2D eigenvalue weighted by Gasteiger charge is -2.54. The molecule has 5 heterocycles. The molecular weight excluding hydrogens is 1240 g/mol. The third kappa shape index (κ3) is 8.75. The van der Waals surface area contributed by atoms with Crippen molar-refractivity contribution in [3.8, 4) is 29.3 Å². The van der Waals surface area contributed by atoms with Crippen LogP contribution in [0.2, 0.25) is 0 Å². The molecule has 5 aromatic rings. The maximum absolute atomic E-state index is 15.9. The largest absolute Gasteiger partial charge is 0.506 e. The average molecular weight is 1340 g/mol. The van der Waals surface area contributed by atoms with Gasteiger partial charge in [0.15, 0.2) is 17.5 Å². The van der Waals surface area contributed by atoms with Gasteiger partial charge >= 0.3 is 0 Å². The van der Waals surface area contributed by atoms with Gasteiger partial charge in [-0.3, -0.25) is 9.59 Å². The van der Waals surface area contributed by atoms with Crippen molar-refractivity contribution in [1.82, 2.24) is 9.88 Å². The fourth-order valence-corrected chi connectivity index (χ4v) is 26.6. The molecule has 0 unspecified atom stereocenters. The highest BCUT2D eigenvalue weighted by Crippen LogP contribution is 2.80. The Balaban J connectivity index is 0.811. The molecule has 4 aliphatic heterocycles. The molecule has 16 atom stereocenters. The highest BCUT2D eigenvalue weighted by atomic mass is 16.7. The minimum Gasteiger partial charge on any atom is -0.506 e. The number of phenolic OH excluding ortho intramolecular Hbond substituents is 1. The molecule has 8 fully saturated rings. The van der Waals surface area contributed by atoms with Crippen LogP contribution in [0, 0.1) is 57.4 Å². The van der Waals surface area contributed by atoms with Crippen molar-refractivity contribution in [2.45, 2.75) is 246 Å². The number of aromatic amines is 1. The molecule has 5 spiro atoms. The van der Waals surface area contributed by atoms with Crippen molar-refractivity contribution >= 4 is 45.0 Å². The molecule has 7 saturated carbocycles. The van der Waals surface area contributed by atoms with Gasteiger partial charge < -0.3 is 64.2 Å². The van der Waals surface area contributed by atoms with Crippen LogP contribution in [-0.4, -0.2) is 121 Å². The lowest BCUT2D eigenvalue weighted by Crippen LogP contribution is -2.70. The van der Waals surface area contributed by atoms with Crippen molar-refractivity contribution in [1.29, 1.82) is 0 Å². The van der Waals surface area contributed by atoms with Gasteiger partial charge in [-0.15, -0.1) is 0 Å². The van der Waals surface area contributed by atoms with Crippen molar-refractivity contribution in [3.05, 3.63) is 109 Å². The molecular formula is C84H96N2O13. The predicted molar refractivity (Wildman–Crippen MR) is 372 cm³/mol. The molecule has 0 radical (unpaired) electrons. The molecule has 15 aliphatic rings. The Morgan fingerprint density at radius 1 is 0.818 bits per heavy atom. The normalized spacial score (nSPS) is 38.8. The number of Topliss-reactive ketones (excluding diaryl/α,β-unsaturated/α-hetero) is 1. The number of H-pyrrole nitrogens is 1. The van der Waals surface area contributed by atoms with Gasteiger partial charge in [-0.25, -0.2) is 0 Å². The van der Waals surface area contributed by atoms with Gasteiger partial charge in [-0.1, -0.05) is 55.9 Å². The second-order valence-electron chi connectivity index (χ2n) is 35.0. The van der Waals surface area contributed by atoms with E-state index < -0.39 is 54.3 Å². The molecule has 15 nitrogen and oxygen atoms in total. The molecule has 1 aromatic heterocycles. The third-order valence-corrected chi connectivity index (χ3v) is 30.4. The van der Waals surface area contributed by atoms with E-state index in [1.54, 1.807) is 24.1 Å². The van der Waals surface area contributed by atoms with Gasteiger partial charge in [0.25, 0.3) is 5.91 Å².